The zero-order chi connectivity index (χ0) is 44.4. The highest BCUT2D eigenvalue weighted by Gasteiger charge is 2.29. The molecule has 8 aromatic carbocycles. The summed E-state index contributed by atoms with van der Waals surface area (Å²) in [5, 5.41) is 0. The minimum absolute atomic E-state index is 1.16. The SMILES string of the molecule is Cc1ccc(-c2c(-c3ccc(-c4ccccc4)cc3)c(-c3ccc(C)cc3)c(-c3ccc(-c4cc[n+](C)cc4)cc3)c(-c3ccc(C)cc3)c2-c2ccc(-c3cc[n+](C)cc3)cc2)cc1. The fourth-order valence-corrected chi connectivity index (χ4v) is 9.15. The van der Waals surface area contributed by atoms with Crippen molar-refractivity contribution in [1.29, 1.82) is 0 Å². The van der Waals surface area contributed by atoms with E-state index in [1.165, 1.54) is 100 Å². The van der Waals surface area contributed by atoms with E-state index < -0.39 is 0 Å². The fourth-order valence-electron chi connectivity index (χ4n) is 9.15. The molecular formula is C63H52N2+2. The number of aromatic nitrogens is 2. The van der Waals surface area contributed by atoms with Gasteiger partial charge in [0, 0.05) is 24.3 Å². The molecule has 0 fully saturated rings. The number of benzene rings is 8. The lowest BCUT2D eigenvalue weighted by Gasteiger charge is -2.29. The van der Waals surface area contributed by atoms with E-state index in [1.54, 1.807) is 0 Å². The largest absolute Gasteiger partial charge is 0.208 e. The summed E-state index contributed by atoms with van der Waals surface area (Å²) in [5.41, 5.74) is 25.1. The van der Waals surface area contributed by atoms with Gasteiger partial charge in [0.1, 0.15) is 14.1 Å². The summed E-state index contributed by atoms with van der Waals surface area (Å²) >= 11 is 0. The highest BCUT2D eigenvalue weighted by Crippen LogP contribution is 2.56. The predicted octanol–water partition coefficient (Wildman–Crippen LogP) is 15.3. The molecule has 0 spiro atoms. The number of nitrogens with zero attached hydrogens (tertiary/aromatic N) is 2. The second kappa shape index (κ2) is 17.7. The van der Waals surface area contributed by atoms with Crippen LogP contribution < -0.4 is 9.13 Å². The van der Waals surface area contributed by atoms with E-state index in [2.05, 4.69) is 269 Å². The van der Waals surface area contributed by atoms with Crippen molar-refractivity contribution in [2.24, 2.45) is 14.1 Å². The Labute approximate surface area is 384 Å². The lowest BCUT2D eigenvalue weighted by Crippen LogP contribution is -2.25. The van der Waals surface area contributed by atoms with Crippen LogP contribution in [0.3, 0.4) is 0 Å². The highest BCUT2D eigenvalue weighted by molar-refractivity contribution is 6.15. The van der Waals surface area contributed by atoms with Gasteiger partial charge in [0.05, 0.1) is 0 Å². The molecule has 0 aliphatic carbocycles. The number of rotatable bonds is 9. The number of hydrogen-bond donors (Lipinski definition) is 0. The fraction of sp³-hybridized carbons (Fsp3) is 0.0794. The van der Waals surface area contributed by atoms with Crippen molar-refractivity contribution in [2.75, 3.05) is 0 Å². The molecule has 0 saturated carbocycles. The molecule has 312 valence electrons. The maximum Gasteiger partial charge on any atom is 0.169 e. The van der Waals surface area contributed by atoms with Crippen molar-refractivity contribution in [3.05, 3.63) is 242 Å². The molecule has 0 amide bonds. The van der Waals surface area contributed by atoms with Crippen molar-refractivity contribution < 1.29 is 9.13 Å². The summed E-state index contributed by atoms with van der Waals surface area (Å²) in [7, 11) is 4.12. The van der Waals surface area contributed by atoms with E-state index in [0.29, 0.717) is 0 Å². The zero-order valence-corrected chi connectivity index (χ0v) is 37.8. The lowest BCUT2D eigenvalue weighted by atomic mass is 9.73. The average Bonchev–Trinajstić information content (AvgIpc) is 3.35. The Morgan fingerprint density at radius 3 is 0.631 bits per heavy atom. The summed E-state index contributed by atoms with van der Waals surface area (Å²) in [6.07, 6.45) is 8.46. The smallest absolute Gasteiger partial charge is 0.169 e. The van der Waals surface area contributed by atoms with E-state index in [1.807, 2.05) is 0 Å². The maximum atomic E-state index is 2.34. The third kappa shape index (κ3) is 8.35. The van der Waals surface area contributed by atoms with Crippen LogP contribution in [0.5, 0.6) is 0 Å². The zero-order valence-electron chi connectivity index (χ0n) is 37.8. The van der Waals surface area contributed by atoms with E-state index in [0.717, 1.165) is 16.7 Å². The van der Waals surface area contributed by atoms with Crippen LogP contribution in [0, 0.1) is 20.8 Å². The summed E-state index contributed by atoms with van der Waals surface area (Å²) in [6, 6.07) is 74.7. The van der Waals surface area contributed by atoms with Crippen LogP contribution in [0.4, 0.5) is 0 Å². The van der Waals surface area contributed by atoms with Crippen molar-refractivity contribution in [3.63, 3.8) is 0 Å². The van der Waals surface area contributed by atoms with Crippen LogP contribution in [0.2, 0.25) is 0 Å². The van der Waals surface area contributed by atoms with Gasteiger partial charge in [-0.25, -0.2) is 9.13 Å². The molecule has 0 unspecified atom stereocenters. The molecule has 0 N–H and O–H groups in total. The molecule has 0 aliphatic heterocycles. The van der Waals surface area contributed by atoms with Gasteiger partial charge in [0.2, 0.25) is 0 Å². The Morgan fingerprint density at radius 1 is 0.200 bits per heavy atom. The van der Waals surface area contributed by atoms with Gasteiger partial charge in [0.25, 0.3) is 0 Å². The Kier molecular flexibility index (Phi) is 11.2. The third-order valence-electron chi connectivity index (χ3n) is 12.8. The Balaban J connectivity index is 1.37. The quantitative estimate of drug-likeness (QED) is 0.128. The first kappa shape index (κ1) is 41.1. The van der Waals surface area contributed by atoms with Gasteiger partial charge in [0.15, 0.2) is 24.8 Å². The van der Waals surface area contributed by atoms with Gasteiger partial charge >= 0.3 is 0 Å². The molecule has 2 heterocycles. The van der Waals surface area contributed by atoms with Crippen LogP contribution in [-0.4, -0.2) is 0 Å². The van der Waals surface area contributed by atoms with Gasteiger partial charge in [-0.15, -0.1) is 0 Å². The average molecular weight is 837 g/mol. The van der Waals surface area contributed by atoms with Gasteiger partial charge < -0.3 is 0 Å². The second-order valence-corrected chi connectivity index (χ2v) is 17.5. The number of hydrogen-bond acceptors (Lipinski definition) is 0. The molecule has 0 atom stereocenters. The topological polar surface area (TPSA) is 7.76 Å². The van der Waals surface area contributed by atoms with Gasteiger partial charge in [-0.3, -0.25) is 0 Å². The van der Waals surface area contributed by atoms with E-state index in [4.69, 9.17) is 0 Å². The van der Waals surface area contributed by atoms with Crippen LogP contribution in [0.25, 0.3) is 100 Å². The lowest BCUT2D eigenvalue weighted by molar-refractivity contribution is -0.671. The van der Waals surface area contributed by atoms with Crippen molar-refractivity contribution in [2.45, 2.75) is 20.8 Å². The van der Waals surface area contributed by atoms with Crippen LogP contribution in [-0.2, 0) is 14.1 Å². The van der Waals surface area contributed by atoms with Crippen molar-refractivity contribution in [3.8, 4) is 100 Å². The van der Waals surface area contributed by atoms with Gasteiger partial charge in [-0.05, 0) is 121 Å². The van der Waals surface area contributed by atoms with E-state index >= 15 is 0 Å². The molecular weight excluding hydrogens is 785 g/mol. The number of pyridine rings is 2. The predicted molar refractivity (Wildman–Crippen MR) is 272 cm³/mol. The Morgan fingerprint density at radius 2 is 0.385 bits per heavy atom. The number of aryl methyl sites for hydroxylation is 5. The van der Waals surface area contributed by atoms with Crippen LogP contribution in [0.15, 0.2) is 225 Å². The molecule has 2 aromatic heterocycles. The first-order valence-electron chi connectivity index (χ1n) is 22.5. The maximum absolute atomic E-state index is 2.34. The normalized spacial score (nSPS) is 11.2. The van der Waals surface area contributed by atoms with E-state index in [-0.39, 0.29) is 0 Å². The van der Waals surface area contributed by atoms with Crippen LogP contribution >= 0.6 is 0 Å². The molecule has 0 radical (unpaired) electrons. The highest BCUT2D eigenvalue weighted by atomic mass is 14.9. The molecule has 0 saturated heterocycles. The Bertz CT molecular complexity index is 3080. The van der Waals surface area contributed by atoms with Crippen molar-refractivity contribution in [1.82, 2.24) is 0 Å². The first-order chi connectivity index (χ1) is 31.8. The summed E-state index contributed by atoms with van der Waals surface area (Å²) in [4.78, 5) is 0. The monoisotopic (exact) mass is 836 g/mol. The molecule has 2 heteroatoms. The van der Waals surface area contributed by atoms with Crippen molar-refractivity contribution >= 4 is 0 Å². The van der Waals surface area contributed by atoms with E-state index in [9.17, 15) is 0 Å². The molecule has 0 aliphatic rings. The third-order valence-corrected chi connectivity index (χ3v) is 12.8. The molecule has 65 heavy (non-hydrogen) atoms. The van der Waals surface area contributed by atoms with Gasteiger partial charge in [-0.2, -0.15) is 0 Å². The molecule has 10 aromatic rings. The molecule has 0 bridgehead atoms. The minimum atomic E-state index is 1.16. The van der Waals surface area contributed by atoms with Gasteiger partial charge in [-0.1, -0.05) is 193 Å². The summed E-state index contributed by atoms with van der Waals surface area (Å²) in [6.45, 7) is 6.52. The molecule has 2 nitrogen and oxygen atoms in total. The standard InChI is InChI=1S/C63H52N2/c1-43-11-17-52(18-12-43)58-61(55-29-23-47(24-30-55)46-9-7-6-8-10-46)59(53-19-13-44(2)14-20-53)63(57-33-27-49(28-34-57)51-37-41-65(5)42-38-51)60(54-21-15-45(3)16-22-54)62(58)56-31-25-48(26-32-56)50-35-39-64(4)40-36-50/h6-42H,1-5H3/q+2. The first-order valence-corrected chi connectivity index (χ1v) is 22.5. The Hall–Kier alpha value is -7.94. The molecule has 10 rings (SSSR count). The second-order valence-electron chi connectivity index (χ2n) is 17.5. The van der Waals surface area contributed by atoms with Crippen LogP contribution in [0.1, 0.15) is 16.7 Å². The minimum Gasteiger partial charge on any atom is -0.208 e. The summed E-state index contributed by atoms with van der Waals surface area (Å²) < 4.78 is 4.16. The summed E-state index contributed by atoms with van der Waals surface area (Å²) in [5.74, 6) is 0.